The molecule has 3 atom stereocenters. The van der Waals surface area contributed by atoms with E-state index < -0.39 is 30.5 Å². The molecule has 0 spiro atoms. The lowest BCUT2D eigenvalue weighted by Crippen LogP contribution is -2.32. The van der Waals surface area contributed by atoms with E-state index in [-0.39, 0.29) is 12.2 Å². The van der Waals surface area contributed by atoms with Gasteiger partial charge in [-0.2, -0.15) is 0 Å². The van der Waals surface area contributed by atoms with Crippen molar-refractivity contribution in [1.82, 2.24) is 19.5 Å². The number of nitrogens with zero attached hydrogens (tertiary/aromatic N) is 4. The van der Waals surface area contributed by atoms with Crippen LogP contribution in [0, 0.1) is 0 Å². The zero-order chi connectivity index (χ0) is 16.6. The molecule has 3 heterocycles. The van der Waals surface area contributed by atoms with Gasteiger partial charge >= 0.3 is 5.97 Å². The quantitative estimate of drug-likeness (QED) is 0.510. The first kappa shape index (κ1) is 15.3. The minimum Gasteiger partial charge on any atom is -0.478 e. The molecule has 0 aliphatic carbocycles. The number of carboxylic acids is 1. The molecule has 1 aliphatic rings. The number of rotatable bonds is 4. The van der Waals surface area contributed by atoms with E-state index in [0.717, 1.165) is 6.08 Å². The molecule has 0 bridgehead atoms. The van der Waals surface area contributed by atoms with E-state index in [2.05, 4.69) is 15.0 Å². The monoisotopic (exact) mass is 321 g/mol. The summed E-state index contributed by atoms with van der Waals surface area (Å²) in [7, 11) is 0. The summed E-state index contributed by atoms with van der Waals surface area (Å²) in [6.45, 7) is -0.409. The van der Waals surface area contributed by atoms with E-state index in [0.29, 0.717) is 11.2 Å². The molecule has 3 rings (SSSR count). The number of aliphatic carboxylic acids is 1. The Morgan fingerprint density at radius 2 is 2.30 bits per heavy atom. The second-order valence-corrected chi connectivity index (χ2v) is 5.17. The minimum atomic E-state index is -1.35. The third kappa shape index (κ3) is 2.52. The van der Waals surface area contributed by atoms with E-state index in [1.54, 1.807) is 0 Å². The molecule has 0 aromatic carbocycles. The zero-order valence-corrected chi connectivity index (χ0v) is 11.9. The molecule has 122 valence electrons. The average Bonchev–Trinajstić information content (AvgIpc) is 3.08. The van der Waals surface area contributed by atoms with E-state index in [4.69, 9.17) is 15.6 Å². The fourth-order valence-electron chi connectivity index (χ4n) is 2.65. The van der Waals surface area contributed by atoms with Crippen LogP contribution in [0.3, 0.4) is 0 Å². The Kier molecular flexibility index (Phi) is 3.72. The summed E-state index contributed by atoms with van der Waals surface area (Å²) < 4.78 is 7.20. The van der Waals surface area contributed by atoms with Gasteiger partial charge in [0.2, 0.25) is 0 Å². The number of hydrogen-bond donors (Lipinski definition) is 4. The number of fused-ring (bicyclic) bond motifs is 1. The highest BCUT2D eigenvalue weighted by Crippen LogP contribution is 2.38. The van der Waals surface area contributed by atoms with Crippen LogP contribution in [-0.4, -0.2) is 59.6 Å². The number of aliphatic hydroxyl groups is 2. The number of imidazole rings is 1. The summed E-state index contributed by atoms with van der Waals surface area (Å²) in [5, 5.41) is 28.3. The molecule has 1 fully saturated rings. The fraction of sp³-hybridized carbons (Fsp3) is 0.385. The predicted molar refractivity (Wildman–Crippen MR) is 77.1 cm³/mol. The molecule has 0 unspecified atom stereocenters. The third-order valence-electron chi connectivity index (χ3n) is 3.72. The van der Waals surface area contributed by atoms with Crippen molar-refractivity contribution in [2.45, 2.75) is 24.4 Å². The van der Waals surface area contributed by atoms with Crippen molar-refractivity contribution in [3.63, 3.8) is 0 Å². The molecule has 1 saturated heterocycles. The maximum absolute atomic E-state index is 10.9. The average molecular weight is 321 g/mol. The number of hydrogen-bond acceptors (Lipinski definition) is 8. The topological polar surface area (TPSA) is 157 Å². The van der Waals surface area contributed by atoms with Gasteiger partial charge in [-0.25, -0.2) is 19.7 Å². The SMILES string of the molecule is Nc1ncnc2c1ncn2[C@@]1(C=CC(=O)O)C[C@H](O)[C@@H](CO)O1. The molecular formula is C13H15N5O5. The summed E-state index contributed by atoms with van der Waals surface area (Å²) in [6, 6.07) is 0. The van der Waals surface area contributed by atoms with Crippen LogP contribution >= 0.6 is 0 Å². The fourth-order valence-corrected chi connectivity index (χ4v) is 2.65. The standard InChI is InChI=1S/C13H15N5O5/c14-11-10-12(16-5-15-11)18(6-17-10)13(2-1-9(21)22)3-7(20)8(4-19)23-13/h1-2,5-8,19-20H,3-4H2,(H,21,22)(H2,14,15,16)/t7-,8+,13+/m0/s1. The third-order valence-corrected chi connectivity index (χ3v) is 3.72. The predicted octanol–water partition coefficient (Wildman–Crippen LogP) is -1.16. The smallest absolute Gasteiger partial charge is 0.328 e. The van der Waals surface area contributed by atoms with Crippen molar-refractivity contribution in [2.75, 3.05) is 12.3 Å². The summed E-state index contributed by atoms with van der Waals surface area (Å²) in [4.78, 5) is 22.9. The van der Waals surface area contributed by atoms with Crippen LogP contribution in [0.1, 0.15) is 6.42 Å². The molecule has 1 aliphatic heterocycles. The molecule has 10 nitrogen and oxygen atoms in total. The molecule has 23 heavy (non-hydrogen) atoms. The largest absolute Gasteiger partial charge is 0.478 e. The zero-order valence-electron chi connectivity index (χ0n) is 11.9. The highest BCUT2D eigenvalue weighted by atomic mass is 16.6. The van der Waals surface area contributed by atoms with Crippen LogP contribution in [0.4, 0.5) is 5.82 Å². The van der Waals surface area contributed by atoms with E-state index >= 15 is 0 Å². The van der Waals surface area contributed by atoms with Gasteiger partial charge in [-0.3, -0.25) is 4.57 Å². The molecular weight excluding hydrogens is 306 g/mol. The number of ether oxygens (including phenoxy) is 1. The normalized spacial score (nSPS) is 27.9. The Labute approximate surface area is 129 Å². The molecule has 0 amide bonds. The van der Waals surface area contributed by atoms with Crippen LogP contribution in [0.2, 0.25) is 0 Å². The van der Waals surface area contributed by atoms with Crippen LogP contribution < -0.4 is 5.73 Å². The molecule has 10 heteroatoms. The van der Waals surface area contributed by atoms with Crippen LogP contribution in [0.25, 0.3) is 11.2 Å². The Morgan fingerprint density at radius 3 is 2.96 bits per heavy atom. The lowest BCUT2D eigenvalue weighted by atomic mass is 10.1. The first-order valence-electron chi connectivity index (χ1n) is 6.80. The van der Waals surface area contributed by atoms with Crippen molar-refractivity contribution in [2.24, 2.45) is 0 Å². The first-order chi connectivity index (χ1) is 11.0. The van der Waals surface area contributed by atoms with Gasteiger partial charge in [-0.15, -0.1) is 0 Å². The second kappa shape index (κ2) is 5.57. The van der Waals surface area contributed by atoms with Gasteiger partial charge in [0.1, 0.15) is 17.9 Å². The van der Waals surface area contributed by atoms with Crippen molar-refractivity contribution in [3.8, 4) is 0 Å². The lowest BCUT2D eigenvalue weighted by Gasteiger charge is -2.27. The number of carboxylic acid groups (broad SMARTS) is 1. The van der Waals surface area contributed by atoms with Gasteiger partial charge in [0.05, 0.1) is 19.0 Å². The highest BCUT2D eigenvalue weighted by Gasteiger charge is 2.46. The second-order valence-electron chi connectivity index (χ2n) is 5.17. The summed E-state index contributed by atoms with van der Waals surface area (Å²) in [6.07, 6.45) is 3.02. The van der Waals surface area contributed by atoms with E-state index in [1.807, 2.05) is 0 Å². The van der Waals surface area contributed by atoms with Crippen molar-refractivity contribution >= 4 is 23.0 Å². The number of aliphatic hydroxyl groups excluding tert-OH is 2. The Balaban J connectivity index is 2.15. The van der Waals surface area contributed by atoms with Gasteiger partial charge in [-0.05, 0) is 6.08 Å². The van der Waals surface area contributed by atoms with Gasteiger partial charge in [0.15, 0.2) is 17.2 Å². The van der Waals surface area contributed by atoms with E-state index in [1.165, 1.54) is 23.3 Å². The number of carbonyl (C=O) groups is 1. The first-order valence-corrected chi connectivity index (χ1v) is 6.80. The summed E-state index contributed by atoms with van der Waals surface area (Å²) in [5.74, 6) is -1.00. The van der Waals surface area contributed by atoms with Gasteiger partial charge in [-0.1, -0.05) is 0 Å². The maximum Gasteiger partial charge on any atom is 0.328 e. The minimum absolute atomic E-state index is 0.0252. The van der Waals surface area contributed by atoms with E-state index in [9.17, 15) is 15.0 Å². The number of anilines is 1. The van der Waals surface area contributed by atoms with Crippen molar-refractivity contribution < 1.29 is 24.9 Å². The van der Waals surface area contributed by atoms with Crippen molar-refractivity contribution in [1.29, 1.82) is 0 Å². The Bertz CT molecular complexity index is 775. The molecule has 2 aromatic heterocycles. The highest BCUT2D eigenvalue weighted by molar-refractivity contribution is 5.82. The Morgan fingerprint density at radius 1 is 1.52 bits per heavy atom. The summed E-state index contributed by atoms with van der Waals surface area (Å²) in [5.41, 5.74) is 5.06. The number of aromatic nitrogens is 4. The van der Waals surface area contributed by atoms with Crippen LogP contribution in [-0.2, 0) is 15.3 Å². The van der Waals surface area contributed by atoms with Gasteiger partial charge in [0.25, 0.3) is 0 Å². The van der Waals surface area contributed by atoms with Crippen LogP contribution in [0.15, 0.2) is 24.8 Å². The molecule has 5 N–H and O–H groups in total. The van der Waals surface area contributed by atoms with Crippen molar-refractivity contribution in [3.05, 3.63) is 24.8 Å². The summed E-state index contributed by atoms with van der Waals surface area (Å²) >= 11 is 0. The number of nitrogens with two attached hydrogens (primary N) is 1. The van der Waals surface area contributed by atoms with Gasteiger partial charge in [0, 0.05) is 12.5 Å². The van der Waals surface area contributed by atoms with Crippen LogP contribution in [0.5, 0.6) is 0 Å². The number of nitrogen functional groups attached to an aromatic ring is 1. The maximum atomic E-state index is 10.9. The Hall–Kier alpha value is -2.56. The molecule has 0 radical (unpaired) electrons. The molecule has 2 aromatic rings. The van der Waals surface area contributed by atoms with Gasteiger partial charge < -0.3 is 25.8 Å². The lowest BCUT2D eigenvalue weighted by molar-refractivity contribution is -0.131. The molecule has 0 saturated carbocycles.